The maximum Gasteiger partial charge on any atom is 0.295 e. The Morgan fingerprint density at radius 3 is 2.59 bits per heavy atom. The van der Waals surface area contributed by atoms with Crippen molar-refractivity contribution >= 4 is 33.4 Å². The smallest absolute Gasteiger partial charge is 0.295 e. The molecule has 1 amide bonds. The summed E-state index contributed by atoms with van der Waals surface area (Å²) in [5.74, 6) is -1.13. The first kappa shape index (κ1) is 25.6. The molecule has 8 nitrogen and oxygen atoms in total. The van der Waals surface area contributed by atoms with Gasteiger partial charge in [-0.3, -0.25) is 9.59 Å². The van der Waals surface area contributed by atoms with Gasteiger partial charge in [-0.2, -0.15) is 0 Å². The van der Waals surface area contributed by atoms with Crippen molar-refractivity contribution in [2.75, 3.05) is 40.9 Å². The number of carbonyl (C=O) groups is 2. The molecule has 1 heterocycles. The lowest BCUT2D eigenvalue weighted by Gasteiger charge is -2.27. The molecule has 9 heteroatoms. The van der Waals surface area contributed by atoms with Crippen LogP contribution in [0.2, 0.25) is 0 Å². The number of halogens is 1. The number of carbonyl (C=O) groups excluding carboxylic acids is 2. The second-order valence-corrected chi connectivity index (χ2v) is 9.08. The summed E-state index contributed by atoms with van der Waals surface area (Å²) < 4.78 is 11.3. The first-order valence-electron chi connectivity index (χ1n) is 10.9. The van der Waals surface area contributed by atoms with Crippen molar-refractivity contribution in [2.45, 2.75) is 19.4 Å². The van der Waals surface area contributed by atoms with E-state index in [1.54, 1.807) is 36.4 Å². The zero-order valence-corrected chi connectivity index (χ0v) is 21.3. The Morgan fingerprint density at radius 1 is 1.21 bits per heavy atom. The summed E-state index contributed by atoms with van der Waals surface area (Å²) in [6.07, 6.45) is 0.824. The van der Waals surface area contributed by atoms with Crippen molar-refractivity contribution in [2.24, 2.45) is 0 Å². The number of phenolic OH excluding ortho intramolecular Hbond substituents is 1. The summed E-state index contributed by atoms with van der Waals surface area (Å²) in [5.41, 5.74) is 0.851. The van der Waals surface area contributed by atoms with Crippen LogP contribution < -0.4 is 9.47 Å². The Morgan fingerprint density at radius 2 is 1.94 bits per heavy atom. The number of methoxy groups -OCH3 is 1. The van der Waals surface area contributed by atoms with Crippen LogP contribution in [0.15, 0.2) is 46.4 Å². The number of aliphatic hydroxyl groups excluding tert-OH is 1. The van der Waals surface area contributed by atoms with Crippen LogP contribution in [0, 0.1) is 0 Å². The van der Waals surface area contributed by atoms with E-state index in [1.165, 1.54) is 12.0 Å². The van der Waals surface area contributed by atoms with Crippen LogP contribution in [-0.4, -0.2) is 72.6 Å². The molecule has 34 heavy (non-hydrogen) atoms. The summed E-state index contributed by atoms with van der Waals surface area (Å²) in [6.45, 7) is 3.28. The van der Waals surface area contributed by atoms with Gasteiger partial charge in [0.2, 0.25) is 0 Å². The van der Waals surface area contributed by atoms with E-state index in [-0.39, 0.29) is 29.4 Å². The molecule has 0 spiro atoms. The van der Waals surface area contributed by atoms with Crippen LogP contribution in [0.25, 0.3) is 5.76 Å². The third-order valence-corrected chi connectivity index (χ3v) is 6.10. The molecule has 1 fully saturated rings. The number of nitrogens with zero attached hydrogens (tertiary/aromatic N) is 2. The number of benzene rings is 2. The number of aromatic hydroxyl groups is 1. The third-order valence-electron chi connectivity index (χ3n) is 5.49. The van der Waals surface area contributed by atoms with E-state index in [1.807, 2.05) is 25.9 Å². The van der Waals surface area contributed by atoms with E-state index in [2.05, 4.69) is 15.9 Å². The SMILES string of the molecule is CCCOc1cccc(/C(O)=C2\C(=O)C(=O)N(CCN(C)C)C2c2cc(Br)c(O)c(OC)c2)c1. The highest BCUT2D eigenvalue weighted by molar-refractivity contribution is 9.10. The van der Waals surface area contributed by atoms with Gasteiger partial charge in [-0.1, -0.05) is 19.1 Å². The van der Waals surface area contributed by atoms with Crippen LogP contribution in [0.5, 0.6) is 17.2 Å². The third kappa shape index (κ3) is 5.20. The molecule has 1 unspecified atom stereocenters. The Hall–Kier alpha value is -3.04. The molecule has 1 aliphatic heterocycles. The second-order valence-electron chi connectivity index (χ2n) is 8.23. The van der Waals surface area contributed by atoms with Gasteiger partial charge >= 0.3 is 0 Å². The van der Waals surface area contributed by atoms with Gasteiger partial charge in [0.05, 0.1) is 29.8 Å². The molecular formula is C25H29BrN2O6. The van der Waals surface area contributed by atoms with Crippen LogP contribution in [0.3, 0.4) is 0 Å². The monoisotopic (exact) mass is 532 g/mol. The standard InChI is InChI=1S/C25H29BrN2O6/c1-5-11-34-17-8-6-7-15(12-17)22(29)20-21(16-13-18(26)23(30)19(14-16)33-4)28(10-9-27(2)3)25(32)24(20)31/h6-8,12-14,21,29-30H,5,9-11H2,1-4H3/b22-20+. The molecule has 2 aromatic carbocycles. The number of ether oxygens (including phenoxy) is 2. The number of aliphatic hydroxyl groups is 1. The van der Waals surface area contributed by atoms with Gasteiger partial charge in [-0.05, 0) is 66.3 Å². The second kappa shape index (κ2) is 10.9. The number of Topliss-reactive ketones (excluding diaryl/α,β-unsaturated/α-hetero) is 1. The summed E-state index contributed by atoms with van der Waals surface area (Å²) >= 11 is 3.31. The minimum absolute atomic E-state index is 0.0314. The zero-order valence-electron chi connectivity index (χ0n) is 19.7. The van der Waals surface area contributed by atoms with Crippen molar-refractivity contribution in [3.05, 3.63) is 57.6 Å². The first-order valence-corrected chi connectivity index (χ1v) is 11.7. The Bertz CT molecular complexity index is 1110. The Labute approximate surface area is 207 Å². The number of likely N-dealkylation sites (tertiary alicyclic amines) is 1. The van der Waals surface area contributed by atoms with Gasteiger partial charge in [0, 0.05) is 18.7 Å². The lowest BCUT2D eigenvalue weighted by molar-refractivity contribution is -0.140. The van der Waals surface area contributed by atoms with Crippen molar-refractivity contribution in [1.82, 2.24) is 9.80 Å². The van der Waals surface area contributed by atoms with Gasteiger partial charge in [0.25, 0.3) is 11.7 Å². The number of phenols is 1. The maximum atomic E-state index is 13.2. The van der Waals surface area contributed by atoms with Gasteiger partial charge in [0.1, 0.15) is 11.5 Å². The van der Waals surface area contributed by atoms with E-state index in [0.29, 0.717) is 34.5 Å². The molecule has 182 valence electrons. The fourth-order valence-electron chi connectivity index (χ4n) is 3.78. The van der Waals surface area contributed by atoms with Crippen LogP contribution in [0.1, 0.15) is 30.5 Å². The Kier molecular flexibility index (Phi) is 8.22. The molecular weight excluding hydrogens is 504 g/mol. The number of hydrogen-bond donors (Lipinski definition) is 2. The number of likely N-dealkylation sites (N-methyl/N-ethyl adjacent to an activating group) is 1. The van der Waals surface area contributed by atoms with Gasteiger partial charge in [-0.15, -0.1) is 0 Å². The van der Waals surface area contributed by atoms with Crippen molar-refractivity contribution in [1.29, 1.82) is 0 Å². The molecule has 0 radical (unpaired) electrons. The number of ketones is 1. The van der Waals surface area contributed by atoms with Crippen LogP contribution in [0.4, 0.5) is 0 Å². The van der Waals surface area contributed by atoms with Crippen LogP contribution >= 0.6 is 15.9 Å². The molecule has 1 aliphatic rings. The lowest BCUT2D eigenvalue weighted by atomic mass is 9.95. The minimum atomic E-state index is -0.869. The topological polar surface area (TPSA) is 99.5 Å². The predicted octanol–water partition coefficient (Wildman–Crippen LogP) is 3.94. The van der Waals surface area contributed by atoms with Crippen LogP contribution in [-0.2, 0) is 9.59 Å². The van der Waals surface area contributed by atoms with E-state index < -0.39 is 17.7 Å². The fraction of sp³-hybridized carbons (Fsp3) is 0.360. The molecule has 1 saturated heterocycles. The molecule has 0 saturated carbocycles. The highest BCUT2D eigenvalue weighted by Gasteiger charge is 2.46. The summed E-state index contributed by atoms with van der Waals surface area (Å²) in [6, 6.07) is 9.09. The molecule has 2 aromatic rings. The fourth-order valence-corrected chi connectivity index (χ4v) is 4.24. The molecule has 3 rings (SSSR count). The predicted molar refractivity (Wildman–Crippen MR) is 132 cm³/mol. The molecule has 2 N–H and O–H groups in total. The number of hydrogen-bond acceptors (Lipinski definition) is 7. The zero-order chi connectivity index (χ0) is 25.0. The van der Waals surface area contributed by atoms with Gasteiger partial charge < -0.3 is 29.5 Å². The van der Waals surface area contributed by atoms with E-state index in [9.17, 15) is 19.8 Å². The van der Waals surface area contributed by atoms with Crippen molar-refractivity contribution in [3.8, 4) is 17.2 Å². The summed E-state index contributed by atoms with van der Waals surface area (Å²) in [5, 5.41) is 21.5. The van der Waals surface area contributed by atoms with Crippen molar-refractivity contribution < 1.29 is 29.3 Å². The van der Waals surface area contributed by atoms with Gasteiger partial charge in [-0.25, -0.2) is 0 Å². The number of amides is 1. The summed E-state index contributed by atoms with van der Waals surface area (Å²) in [7, 11) is 5.15. The lowest BCUT2D eigenvalue weighted by Crippen LogP contribution is -2.35. The first-order chi connectivity index (χ1) is 16.2. The van der Waals surface area contributed by atoms with E-state index in [0.717, 1.165) is 6.42 Å². The average Bonchev–Trinajstić information content (AvgIpc) is 3.07. The van der Waals surface area contributed by atoms with Gasteiger partial charge in [0.15, 0.2) is 11.5 Å². The molecule has 1 atom stereocenters. The van der Waals surface area contributed by atoms with E-state index in [4.69, 9.17) is 9.47 Å². The minimum Gasteiger partial charge on any atom is -0.507 e. The highest BCUT2D eigenvalue weighted by Crippen LogP contribution is 2.44. The summed E-state index contributed by atoms with van der Waals surface area (Å²) in [4.78, 5) is 29.6. The Balaban J connectivity index is 2.18. The quantitative estimate of drug-likeness (QED) is 0.286. The van der Waals surface area contributed by atoms with Crippen molar-refractivity contribution in [3.63, 3.8) is 0 Å². The molecule has 0 aromatic heterocycles. The molecule has 0 aliphatic carbocycles. The molecule has 0 bridgehead atoms. The van der Waals surface area contributed by atoms with E-state index >= 15 is 0 Å². The average molecular weight is 533 g/mol. The maximum absolute atomic E-state index is 13.2. The number of rotatable bonds is 9. The normalized spacial score (nSPS) is 17.5. The largest absolute Gasteiger partial charge is 0.507 e. The highest BCUT2D eigenvalue weighted by atomic mass is 79.9.